The Hall–Kier alpha value is -3.13. The Morgan fingerprint density at radius 2 is 2.00 bits per heavy atom. The van der Waals surface area contributed by atoms with Crippen LogP contribution in [0.2, 0.25) is 0 Å². The fourth-order valence-electron chi connectivity index (χ4n) is 4.62. The Morgan fingerprint density at radius 3 is 2.74 bits per heavy atom. The molecule has 2 aliphatic rings. The monoisotopic (exact) mass is 466 g/mol. The molecule has 8 nitrogen and oxygen atoms in total. The third kappa shape index (κ3) is 5.01. The van der Waals surface area contributed by atoms with Crippen LogP contribution in [-0.4, -0.2) is 60.0 Å². The Labute approximate surface area is 201 Å². The number of ether oxygens (including phenoxy) is 2. The van der Waals surface area contributed by atoms with E-state index in [-0.39, 0.29) is 12.1 Å². The summed E-state index contributed by atoms with van der Waals surface area (Å²) in [5, 5.41) is 3.22. The fraction of sp³-hybridized carbons (Fsp3) is 0.500. The lowest BCUT2D eigenvalue weighted by Gasteiger charge is -2.30. The first-order valence-corrected chi connectivity index (χ1v) is 11.9. The van der Waals surface area contributed by atoms with Crippen LogP contribution in [0.1, 0.15) is 46.1 Å². The zero-order chi connectivity index (χ0) is 24.5. The number of aromatic nitrogens is 1. The Balaban J connectivity index is 1.57. The van der Waals surface area contributed by atoms with Crippen molar-refractivity contribution in [1.29, 1.82) is 0 Å². The van der Waals surface area contributed by atoms with Gasteiger partial charge in [0.1, 0.15) is 23.7 Å². The number of carbonyl (C=O) groups excluding carboxylic acids is 2. The SMILES string of the molecule is COC(C)Nc1cc(-c2cccc3c2CCN3C(=O)[C@@H]2CCCN2C(=O)OC(C)(C)C)ccn1. The van der Waals surface area contributed by atoms with E-state index >= 15 is 0 Å². The molecule has 3 heterocycles. The van der Waals surface area contributed by atoms with E-state index in [1.165, 1.54) is 0 Å². The molecule has 8 heteroatoms. The normalized spacial score (nSPS) is 18.6. The van der Waals surface area contributed by atoms with Gasteiger partial charge < -0.3 is 19.7 Å². The summed E-state index contributed by atoms with van der Waals surface area (Å²) in [7, 11) is 1.64. The van der Waals surface area contributed by atoms with Crippen molar-refractivity contribution in [2.75, 3.05) is 30.4 Å². The second kappa shape index (κ2) is 9.62. The van der Waals surface area contributed by atoms with E-state index in [0.29, 0.717) is 19.5 Å². The van der Waals surface area contributed by atoms with Gasteiger partial charge in [-0.3, -0.25) is 9.69 Å². The van der Waals surface area contributed by atoms with Crippen molar-refractivity contribution in [3.8, 4) is 11.1 Å². The van der Waals surface area contributed by atoms with Crippen molar-refractivity contribution >= 4 is 23.5 Å². The van der Waals surface area contributed by atoms with E-state index in [1.807, 2.05) is 56.9 Å². The van der Waals surface area contributed by atoms with E-state index < -0.39 is 17.7 Å². The van der Waals surface area contributed by atoms with Crippen LogP contribution in [0.25, 0.3) is 11.1 Å². The first-order chi connectivity index (χ1) is 16.2. The summed E-state index contributed by atoms with van der Waals surface area (Å²) >= 11 is 0. The zero-order valence-corrected chi connectivity index (χ0v) is 20.6. The summed E-state index contributed by atoms with van der Waals surface area (Å²) in [5.74, 6) is 0.694. The minimum atomic E-state index is -0.596. The Kier molecular flexibility index (Phi) is 6.79. The number of rotatable bonds is 5. The van der Waals surface area contributed by atoms with Crippen LogP contribution < -0.4 is 10.2 Å². The molecule has 34 heavy (non-hydrogen) atoms. The summed E-state index contributed by atoms with van der Waals surface area (Å²) in [6, 6.07) is 9.53. The second-order valence-electron chi connectivity index (χ2n) is 9.83. The van der Waals surface area contributed by atoms with E-state index in [9.17, 15) is 9.59 Å². The third-order valence-electron chi connectivity index (χ3n) is 6.24. The van der Waals surface area contributed by atoms with Gasteiger partial charge in [0.2, 0.25) is 5.91 Å². The lowest BCUT2D eigenvalue weighted by molar-refractivity contribution is -0.122. The van der Waals surface area contributed by atoms with Crippen molar-refractivity contribution in [3.05, 3.63) is 42.1 Å². The van der Waals surface area contributed by atoms with Gasteiger partial charge in [-0.1, -0.05) is 12.1 Å². The average molecular weight is 467 g/mol. The first-order valence-electron chi connectivity index (χ1n) is 11.9. The van der Waals surface area contributed by atoms with Gasteiger partial charge in [0.25, 0.3) is 0 Å². The summed E-state index contributed by atoms with van der Waals surface area (Å²) in [6.45, 7) is 8.57. The summed E-state index contributed by atoms with van der Waals surface area (Å²) in [5.41, 5.74) is 3.56. The Morgan fingerprint density at radius 1 is 1.21 bits per heavy atom. The predicted molar refractivity (Wildman–Crippen MR) is 132 cm³/mol. The number of amides is 2. The quantitative estimate of drug-likeness (QED) is 0.656. The molecule has 2 aliphatic heterocycles. The molecule has 1 unspecified atom stereocenters. The number of nitrogens with zero attached hydrogens (tertiary/aromatic N) is 3. The summed E-state index contributed by atoms with van der Waals surface area (Å²) in [6.07, 6.45) is 3.41. The molecular formula is C26H34N4O4. The average Bonchev–Trinajstić information content (AvgIpc) is 3.45. The van der Waals surface area contributed by atoms with Gasteiger partial charge in [-0.2, -0.15) is 0 Å². The summed E-state index contributed by atoms with van der Waals surface area (Å²) < 4.78 is 10.8. The van der Waals surface area contributed by atoms with Crippen LogP contribution in [0, 0.1) is 0 Å². The molecule has 1 aromatic heterocycles. The molecule has 2 aromatic rings. The van der Waals surface area contributed by atoms with Crippen molar-refractivity contribution in [3.63, 3.8) is 0 Å². The minimum absolute atomic E-state index is 0.0368. The van der Waals surface area contributed by atoms with E-state index in [2.05, 4.69) is 16.4 Å². The lowest BCUT2D eigenvalue weighted by atomic mass is 9.98. The maximum Gasteiger partial charge on any atom is 0.410 e. The molecule has 0 aliphatic carbocycles. The van der Waals surface area contributed by atoms with Gasteiger partial charge >= 0.3 is 6.09 Å². The van der Waals surface area contributed by atoms with Crippen molar-refractivity contribution in [2.24, 2.45) is 0 Å². The highest BCUT2D eigenvalue weighted by Crippen LogP contribution is 2.38. The molecule has 4 rings (SSSR count). The standard InChI is InChI=1S/C26H34N4O4/c1-17(33-5)28-23-16-18(11-13-27-23)19-8-6-9-21-20(19)12-15-29(21)24(31)22-10-7-14-30(22)25(32)34-26(2,3)4/h6,8-9,11,13,16-17,22H,7,10,12,14-15H2,1-5H3,(H,27,28)/t17?,22-/m0/s1. The van der Waals surface area contributed by atoms with Crippen LogP contribution in [0.3, 0.4) is 0 Å². The van der Waals surface area contributed by atoms with Gasteiger partial charge in [0, 0.05) is 32.1 Å². The van der Waals surface area contributed by atoms with Crippen molar-refractivity contribution in [2.45, 2.75) is 64.8 Å². The van der Waals surface area contributed by atoms with Crippen LogP contribution in [0.15, 0.2) is 36.5 Å². The number of fused-ring (bicyclic) bond motifs is 1. The van der Waals surface area contributed by atoms with Crippen molar-refractivity contribution in [1.82, 2.24) is 9.88 Å². The van der Waals surface area contributed by atoms with Crippen LogP contribution in [0.5, 0.6) is 0 Å². The molecule has 0 radical (unpaired) electrons. The molecule has 0 spiro atoms. The number of carbonyl (C=O) groups is 2. The molecule has 0 saturated carbocycles. The van der Waals surface area contributed by atoms with E-state index in [0.717, 1.165) is 41.0 Å². The number of methoxy groups -OCH3 is 1. The van der Waals surface area contributed by atoms with Crippen molar-refractivity contribution < 1.29 is 19.1 Å². The van der Waals surface area contributed by atoms with Crippen LogP contribution in [0.4, 0.5) is 16.3 Å². The largest absolute Gasteiger partial charge is 0.444 e. The van der Waals surface area contributed by atoms with Crippen LogP contribution in [-0.2, 0) is 20.7 Å². The number of likely N-dealkylation sites (tertiary alicyclic amines) is 1. The van der Waals surface area contributed by atoms with Gasteiger partial charge in [-0.05, 0) is 81.8 Å². The number of benzene rings is 1. The van der Waals surface area contributed by atoms with E-state index in [4.69, 9.17) is 9.47 Å². The molecule has 1 fully saturated rings. The minimum Gasteiger partial charge on any atom is -0.444 e. The predicted octanol–water partition coefficient (Wildman–Crippen LogP) is 4.44. The highest BCUT2D eigenvalue weighted by molar-refractivity contribution is 6.01. The topological polar surface area (TPSA) is 84.0 Å². The molecule has 2 amide bonds. The molecule has 0 bridgehead atoms. The molecule has 2 atom stereocenters. The smallest absolute Gasteiger partial charge is 0.410 e. The second-order valence-corrected chi connectivity index (χ2v) is 9.83. The molecule has 1 aromatic carbocycles. The van der Waals surface area contributed by atoms with Crippen LogP contribution >= 0.6 is 0 Å². The highest BCUT2D eigenvalue weighted by atomic mass is 16.6. The molecular weight excluding hydrogens is 432 g/mol. The number of hydrogen-bond donors (Lipinski definition) is 1. The lowest BCUT2D eigenvalue weighted by Crippen LogP contribution is -2.48. The van der Waals surface area contributed by atoms with Gasteiger partial charge in [-0.15, -0.1) is 0 Å². The first kappa shape index (κ1) is 24.0. The van der Waals surface area contributed by atoms with Gasteiger partial charge in [0.15, 0.2) is 0 Å². The Bertz CT molecular complexity index is 1070. The number of pyridine rings is 1. The zero-order valence-electron chi connectivity index (χ0n) is 20.6. The molecule has 182 valence electrons. The maximum atomic E-state index is 13.6. The third-order valence-corrected chi connectivity index (χ3v) is 6.24. The van der Waals surface area contributed by atoms with Gasteiger partial charge in [0.05, 0.1) is 0 Å². The number of nitrogens with one attached hydrogen (secondary N) is 1. The summed E-state index contributed by atoms with van der Waals surface area (Å²) in [4.78, 5) is 34.1. The van der Waals surface area contributed by atoms with Gasteiger partial charge in [-0.25, -0.2) is 9.78 Å². The molecule has 1 N–H and O–H groups in total. The maximum absolute atomic E-state index is 13.6. The number of hydrogen-bond acceptors (Lipinski definition) is 6. The highest BCUT2D eigenvalue weighted by Gasteiger charge is 2.40. The van der Waals surface area contributed by atoms with E-state index in [1.54, 1.807) is 18.2 Å². The molecule has 1 saturated heterocycles. The fourth-order valence-corrected chi connectivity index (χ4v) is 4.62. The number of anilines is 2.